The van der Waals surface area contributed by atoms with E-state index in [2.05, 4.69) is 10.3 Å². The van der Waals surface area contributed by atoms with Gasteiger partial charge in [0.2, 0.25) is 5.56 Å². The van der Waals surface area contributed by atoms with Gasteiger partial charge >= 0.3 is 0 Å². The van der Waals surface area contributed by atoms with Crippen LogP contribution in [0.4, 0.5) is 8.78 Å². The number of hydrogen-bond acceptors (Lipinski definition) is 2. The molecule has 1 aromatic heterocycles. The number of halogens is 3. The SMILES string of the molecule is Cc1c(CNC(=O)c2cc(=O)[nH]c3ccc(Cl)cc23)ccc(F)c1F. The zero-order chi connectivity index (χ0) is 18.1. The maximum atomic E-state index is 13.6. The minimum absolute atomic E-state index is 0.00325. The van der Waals surface area contributed by atoms with Gasteiger partial charge in [0.25, 0.3) is 5.91 Å². The lowest BCUT2D eigenvalue weighted by Gasteiger charge is -2.11. The third-order valence-corrected chi connectivity index (χ3v) is 4.18. The second-order valence-electron chi connectivity index (χ2n) is 5.57. The number of pyridine rings is 1. The first kappa shape index (κ1) is 17.1. The highest BCUT2D eigenvalue weighted by molar-refractivity contribution is 6.31. The lowest BCUT2D eigenvalue weighted by atomic mass is 10.1. The Hall–Kier alpha value is -2.73. The summed E-state index contributed by atoms with van der Waals surface area (Å²) in [5.41, 5.74) is 0.773. The molecule has 0 fully saturated rings. The summed E-state index contributed by atoms with van der Waals surface area (Å²) >= 11 is 5.96. The number of H-pyrrole nitrogens is 1. The molecule has 0 aliphatic rings. The number of hydrogen-bond donors (Lipinski definition) is 2. The van der Waals surface area contributed by atoms with Crippen molar-refractivity contribution < 1.29 is 13.6 Å². The maximum absolute atomic E-state index is 13.6. The van der Waals surface area contributed by atoms with Gasteiger partial charge in [-0.15, -0.1) is 0 Å². The number of benzene rings is 2. The molecule has 4 nitrogen and oxygen atoms in total. The van der Waals surface area contributed by atoms with Crippen molar-refractivity contribution in [2.45, 2.75) is 13.5 Å². The van der Waals surface area contributed by atoms with Gasteiger partial charge in [0.05, 0.1) is 5.56 Å². The largest absolute Gasteiger partial charge is 0.348 e. The molecule has 0 aliphatic heterocycles. The van der Waals surface area contributed by atoms with Gasteiger partial charge in [0.15, 0.2) is 11.6 Å². The maximum Gasteiger partial charge on any atom is 0.252 e. The van der Waals surface area contributed by atoms with Crippen molar-refractivity contribution in [3.8, 4) is 0 Å². The third-order valence-electron chi connectivity index (χ3n) is 3.94. The van der Waals surface area contributed by atoms with Crippen molar-refractivity contribution in [2.24, 2.45) is 0 Å². The molecule has 0 saturated carbocycles. The van der Waals surface area contributed by atoms with Gasteiger partial charge in [-0.05, 0) is 42.3 Å². The van der Waals surface area contributed by atoms with E-state index < -0.39 is 23.1 Å². The fraction of sp³-hybridized carbons (Fsp3) is 0.111. The highest BCUT2D eigenvalue weighted by atomic mass is 35.5. The molecule has 7 heteroatoms. The smallest absolute Gasteiger partial charge is 0.252 e. The average Bonchev–Trinajstić information content (AvgIpc) is 2.58. The Labute approximate surface area is 146 Å². The molecule has 0 saturated heterocycles. The molecule has 0 spiro atoms. The summed E-state index contributed by atoms with van der Waals surface area (Å²) in [4.78, 5) is 26.9. The zero-order valence-electron chi connectivity index (χ0n) is 13.1. The molecule has 0 atom stereocenters. The molecule has 2 N–H and O–H groups in total. The van der Waals surface area contributed by atoms with Crippen LogP contribution in [0.2, 0.25) is 5.02 Å². The molecule has 0 unspecified atom stereocenters. The minimum atomic E-state index is -0.944. The Morgan fingerprint density at radius 3 is 2.72 bits per heavy atom. The highest BCUT2D eigenvalue weighted by Crippen LogP contribution is 2.20. The monoisotopic (exact) mass is 362 g/mol. The first-order valence-electron chi connectivity index (χ1n) is 7.41. The predicted molar refractivity (Wildman–Crippen MR) is 91.8 cm³/mol. The predicted octanol–water partition coefficient (Wildman–Crippen LogP) is 3.70. The van der Waals surface area contributed by atoms with E-state index in [0.29, 0.717) is 21.5 Å². The fourth-order valence-electron chi connectivity index (χ4n) is 2.57. The van der Waals surface area contributed by atoms with E-state index in [4.69, 9.17) is 11.6 Å². The molecular formula is C18H13ClF2N2O2. The van der Waals surface area contributed by atoms with Crippen molar-refractivity contribution in [3.63, 3.8) is 0 Å². The molecule has 25 heavy (non-hydrogen) atoms. The van der Waals surface area contributed by atoms with Crippen molar-refractivity contribution in [1.29, 1.82) is 0 Å². The number of carbonyl (C=O) groups is 1. The van der Waals surface area contributed by atoms with Crippen molar-refractivity contribution >= 4 is 28.4 Å². The zero-order valence-corrected chi connectivity index (χ0v) is 13.9. The average molecular weight is 363 g/mol. The Balaban J connectivity index is 1.92. The van der Waals surface area contributed by atoms with E-state index in [1.807, 2.05) is 0 Å². The highest BCUT2D eigenvalue weighted by Gasteiger charge is 2.14. The second kappa shape index (κ2) is 6.64. The van der Waals surface area contributed by atoms with E-state index in [9.17, 15) is 18.4 Å². The summed E-state index contributed by atoms with van der Waals surface area (Å²) < 4.78 is 26.8. The van der Waals surface area contributed by atoms with E-state index in [0.717, 1.165) is 6.07 Å². The molecule has 3 aromatic rings. The van der Waals surface area contributed by atoms with Crippen LogP contribution in [-0.4, -0.2) is 10.9 Å². The van der Waals surface area contributed by atoms with Crippen LogP contribution >= 0.6 is 11.6 Å². The van der Waals surface area contributed by atoms with Crippen LogP contribution in [0.3, 0.4) is 0 Å². The molecule has 0 aliphatic carbocycles. The number of rotatable bonds is 3. The molecule has 0 radical (unpaired) electrons. The fourth-order valence-corrected chi connectivity index (χ4v) is 2.74. The summed E-state index contributed by atoms with van der Waals surface area (Å²) in [5.74, 6) is -2.40. The number of aromatic nitrogens is 1. The summed E-state index contributed by atoms with van der Waals surface area (Å²) in [6.07, 6.45) is 0. The molecule has 1 amide bonds. The van der Waals surface area contributed by atoms with E-state index in [1.165, 1.54) is 19.1 Å². The Kier molecular flexibility index (Phi) is 4.55. The van der Waals surface area contributed by atoms with Gasteiger partial charge < -0.3 is 10.3 Å². The molecular weight excluding hydrogens is 350 g/mol. The summed E-state index contributed by atoms with van der Waals surface area (Å²) in [6, 6.07) is 8.37. The topological polar surface area (TPSA) is 62.0 Å². The standard InChI is InChI=1S/C18H13ClF2N2O2/c1-9-10(2-4-14(20)17(9)21)8-22-18(25)13-7-16(24)23-15-5-3-11(19)6-12(13)15/h2-7H,8H2,1H3,(H,22,25)(H,23,24). The lowest BCUT2D eigenvalue weighted by molar-refractivity contribution is 0.0952. The van der Waals surface area contributed by atoms with Gasteiger partial charge in [-0.25, -0.2) is 8.78 Å². The number of aromatic amines is 1. The second-order valence-corrected chi connectivity index (χ2v) is 6.00. The van der Waals surface area contributed by atoms with Crippen LogP contribution in [0, 0.1) is 18.6 Å². The molecule has 1 heterocycles. The summed E-state index contributed by atoms with van der Waals surface area (Å²) in [5, 5.41) is 3.53. The number of nitrogens with one attached hydrogen (secondary N) is 2. The Morgan fingerprint density at radius 2 is 1.96 bits per heavy atom. The van der Waals surface area contributed by atoms with Crippen molar-refractivity contribution in [1.82, 2.24) is 10.3 Å². The van der Waals surface area contributed by atoms with Gasteiger partial charge in [0, 0.05) is 28.5 Å². The molecule has 128 valence electrons. The van der Waals surface area contributed by atoms with Crippen LogP contribution in [0.1, 0.15) is 21.5 Å². The van der Waals surface area contributed by atoms with E-state index in [1.54, 1.807) is 18.2 Å². The molecule has 0 bridgehead atoms. The van der Waals surface area contributed by atoms with Crippen molar-refractivity contribution in [2.75, 3.05) is 0 Å². The normalized spacial score (nSPS) is 10.9. The third kappa shape index (κ3) is 3.39. The molecule has 3 rings (SSSR count). The summed E-state index contributed by atoms with van der Waals surface area (Å²) in [6.45, 7) is 1.43. The molecule has 2 aromatic carbocycles. The Bertz CT molecular complexity index is 1050. The van der Waals surface area contributed by atoms with Crippen LogP contribution < -0.4 is 10.9 Å². The first-order chi connectivity index (χ1) is 11.9. The quantitative estimate of drug-likeness (QED) is 0.746. The van der Waals surface area contributed by atoms with Crippen LogP contribution in [0.25, 0.3) is 10.9 Å². The number of amides is 1. The first-order valence-corrected chi connectivity index (χ1v) is 7.79. The number of carbonyl (C=O) groups excluding carboxylic acids is 1. The Morgan fingerprint density at radius 1 is 1.20 bits per heavy atom. The van der Waals surface area contributed by atoms with Gasteiger partial charge in [-0.2, -0.15) is 0 Å². The van der Waals surface area contributed by atoms with Gasteiger partial charge in [-0.1, -0.05) is 17.7 Å². The van der Waals surface area contributed by atoms with Crippen LogP contribution in [-0.2, 0) is 6.54 Å². The summed E-state index contributed by atoms with van der Waals surface area (Å²) in [7, 11) is 0. The van der Waals surface area contributed by atoms with Crippen LogP contribution in [0.5, 0.6) is 0 Å². The van der Waals surface area contributed by atoms with E-state index >= 15 is 0 Å². The van der Waals surface area contributed by atoms with E-state index in [-0.39, 0.29) is 17.7 Å². The lowest BCUT2D eigenvalue weighted by Crippen LogP contribution is -2.25. The van der Waals surface area contributed by atoms with Crippen molar-refractivity contribution in [3.05, 3.63) is 80.1 Å². The van der Waals surface area contributed by atoms with Gasteiger partial charge in [0.1, 0.15) is 0 Å². The van der Waals surface area contributed by atoms with Crippen LogP contribution in [0.15, 0.2) is 41.2 Å². The minimum Gasteiger partial charge on any atom is -0.348 e. The van der Waals surface area contributed by atoms with Gasteiger partial charge in [-0.3, -0.25) is 9.59 Å². The number of fused-ring (bicyclic) bond motifs is 1.